The molecule has 3 heteroatoms. The molecule has 1 rings (SSSR count). The molecule has 1 saturated heterocycles. The first kappa shape index (κ1) is 11.2. The minimum Gasteiger partial charge on any atom is -0.469 e. The number of carbonyl (C=O) groups is 1. The number of carbonyl (C=O) groups excluding carboxylic acids is 1. The van der Waals surface area contributed by atoms with Gasteiger partial charge in [0, 0.05) is 13.1 Å². The fourth-order valence-electron chi connectivity index (χ4n) is 1.89. The van der Waals surface area contributed by atoms with Crippen molar-refractivity contribution < 1.29 is 9.53 Å². The van der Waals surface area contributed by atoms with Crippen LogP contribution in [0, 0.1) is 5.92 Å². The van der Waals surface area contributed by atoms with E-state index in [9.17, 15) is 4.79 Å². The highest BCUT2D eigenvalue weighted by Gasteiger charge is 2.25. The number of rotatable bonds is 4. The van der Waals surface area contributed by atoms with Gasteiger partial charge in [0.15, 0.2) is 0 Å². The second kappa shape index (κ2) is 5.81. The summed E-state index contributed by atoms with van der Waals surface area (Å²) in [6.07, 6.45) is 4.98. The molecule has 80 valence electrons. The van der Waals surface area contributed by atoms with Crippen LogP contribution in [0.5, 0.6) is 0 Å². The van der Waals surface area contributed by atoms with Crippen molar-refractivity contribution >= 4 is 5.97 Å². The van der Waals surface area contributed by atoms with Crippen LogP contribution < -0.4 is 0 Å². The topological polar surface area (TPSA) is 29.5 Å². The van der Waals surface area contributed by atoms with Crippen molar-refractivity contribution in [1.29, 1.82) is 0 Å². The van der Waals surface area contributed by atoms with Gasteiger partial charge in [0.05, 0.1) is 13.0 Å². The SMILES string of the molecule is C=CCCN1CCCC(C(=O)OC)C1. The summed E-state index contributed by atoms with van der Waals surface area (Å²) in [6.45, 7) is 6.65. The number of ether oxygens (including phenoxy) is 1. The summed E-state index contributed by atoms with van der Waals surface area (Å²) in [5.74, 6) is 0.0202. The highest BCUT2D eigenvalue weighted by molar-refractivity contribution is 5.72. The molecule has 1 unspecified atom stereocenters. The molecular formula is C11H19NO2. The van der Waals surface area contributed by atoms with Gasteiger partial charge in [-0.3, -0.25) is 4.79 Å². The van der Waals surface area contributed by atoms with Crippen LogP contribution in [-0.2, 0) is 9.53 Å². The lowest BCUT2D eigenvalue weighted by molar-refractivity contribution is -0.147. The molecule has 0 saturated carbocycles. The van der Waals surface area contributed by atoms with Crippen molar-refractivity contribution in [2.45, 2.75) is 19.3 Å². The fourth-order valence-corrected chi connectivity index (χ4v) is 1.89. The highest BCUT2D eigenvalue weighted by Crippen LogP contribution is 2.17. The summed E-state index contributed by atoms with van der Waals surface area (Å²) in [5, 5.41) is 0. The maximum absolute atomic E-state index is 11.3. The van der Waals surface area contributed by atoms with Gasteiger partial charge >= 0.3 is 5.97 Å². The van der Waals surface area contributed by atoms with Gasteiger partial charge in [0.2, 0.25) is 0 Å². The minimum absolute atomic E-state index is 0.0618. The number of piperidine rings is 1. The van der Waals surface area contributed by atoms with E-state index in [4.69, 9.17) is 4.74 Å². The first-order valence-electron chi connectivity index (χ1n) is 5.19. The molecule has 14 heavy (non-hydrogen) atoms. The highest BCUT2D eigenvalue weighted by atomic mass is 16.5. The Morgan fingerprint density at radius 2 is 2.50 bits per heavy atom. The lowest BCUT2D eigenvalue weighted by atomic mass is 9.98. The summed E-state index contributed by atoms with van der Waals surface area (Å²) >= 11 is 0. The van der Waals surface area contributed by atoms with Gasteiger partial charge in [0.25, 0.3) is 0 Å². The van der Waals surface area contributed by atoms with E-state index in [0.717, 1.165) is 38.9 Å². The fraction of sp³-hybridized carbons (Fsp3) is 0.727. The zero-order valence-corrected chi connectivity index (χ0v) is 8.87. The summed E-state index contributed by atoms with van der Waals surface area (Å²) in [4.78, 5) is 13.6. The molecule has 3 nitrogen and oxygen atoms in total. The molecule has 0 bridgehead atoms. The van der Waals surface area contributed by atoms with E-state index in [1.54, 1.807) is 0 Å². The lowest BCUT2D eigenvalue weighted by Gasteiger charge is -2.30. The van der Waals surface area contributed by atoms with Crippen molar-refractivity contribution in [3.05, 3.63) is 12.7 Å². The van der Waals surface area contributed by atoms with E-state index < -0.39 is 0 Å². The number of nitrogens with zero attached hydrogens (tertiary/aromatic N) is 1. The molecule has 1 aliphatic rings. The van der Waals surface area contributed by atoms with Crippen molar-refractivity contribution in [3.63, 3.8) is 0 Å². The summed E-state index contributed by atoms with van der Waals surface area (Å²) in [7, 11) is 1.46. The Morgan fingerprint density at radius 1 is 1.71 bits per heavy atom. The van der Waals surface area contributed by atoms with E-state index in [0.29, 0.717) is 0 Å². The van der Waals surface area contributed by atoms with Crippen molar-refractivity contribution in [2.75, 3.05) is 26.7 Å². The Morgan fingerprint density at radius 3 is 3.14 bits per heavy atom. The second-order valence-corrected chi connectivity index (χ2v) is 3.74. The Labute approximate surface area is 85.7 Å². The Hall–Kier alpha value is -0.830. The Balaban J connectivity index is 2.35. The molecule has 0 aromatic rings. The normalized spacial score (nSPS) is 23.1. The molecule has 1 fully saturated rings. The number of methoxy groups -OCH3 is 1. The molecule has 1 atom stereocenters. The second-order valence-electron chi connectivity index (χ2n) is 3.74. The summed E-state index contributed by atoms with van der Waals surface area (Å²) in [6, 6.07) is 0. The largest absolute Gasteiger partial charge is 0.469 e. The third kappa shape index (κ3) is 3.14. The van der Waals surface area contributed by atoms with Crippen molar-refractivity contribution in [2.24, 2.45) is 5.92 Å². The maximum Gasteiger partial charge on any atom is 0.309 e. The summed E-state index contributed by atoms with van der Waals surface area (Å²) in [5.41, 5.74) is 0. The average molecular weight is 197 g/mol. The number of likely N-dealkylation sites (tertiary alicyclic amines) is 1. The number of esters is 1. The monoisotopic (exact) mass is 197 g/mol. The van der Waals surface area contributed by atoms with Gasteiger partial charge in [-0.05, 0) is 25.8 Å². The smallest absolute Gasteiger partial charge is 0.309 e. The first-order chi connectivity index (χ1) is 6.77. The zero-order valence-electron chi connectivity index (χ0n) is 8.87. The average Bonchev–Trinajstić information content (AvgIpc) is 2.25. The lowest BCUT2D eigenvalue weighted by Crippen LogP contribution is -2.39. The molecule has 1 heterocycles. The maximum atomic E-state index is 11.3. The summed E-state index contributed by atoms with van der Waals surface area (Å²) < 4.78 is 4.76. The molecule has 1 aliphatic heterocycles. The minimum atomic E-state index is -0.0618. The van der Waals surface area contributed by atoms with E-state index in [-0.39, 0.29) is 11.9 Å². The third-order valence-corrected chi connectivity index (χ3v) is 2.69. The predicted molar refractivity (Wildman–Crippen MR) is 56.0 cm³/mol. The van der Waals surface area contributed by atoms with Crippen LogP contribution in [-0.4, -0.2) is 37.6 Å². The standard InChI is InChI=1S/C11H19NO2/c1-3-4-7-12-8-5-6-10(9-12)11(13)14-2/h3,10H,1,4-9H2,2H3. The molecule has 0 aliphatic carbocycles. The van der Waals surface area contributed by atoms with E-state index >= 15 is 0 Å². The molecule has 0 aromatic carbocycles. The molecule has 0 amide bonds. The quantitative estimate of drug-likeness (QED) is 0.504. The van der Waals surface area contributed by atoms with Gasteiger partial charge in [-0.15, -0.1) is 6.58 Å². The van der Waals surface area contributed by atoms with Gasteiger partial charge in [-0.25, -0.2) is 0 Å². The molecule has 0 N–H and O–H groups in total. The molecule has 0 spiro atoms. The molecular weight excluding hydrogens is 178 g/mol. The molecule has 0 radical (unpaired) electrons. The van der Waals surface area contributed by atoms with Crippen LogP contribution in [0.2, 0.25) is 0 Å². The van der Waals surface area contributed by atoms with Crippen LogP contribution in [0.3, 0.4) is 0 Å². The zero-order chi connectivity index (χ0) is 10.4. The van der Waals surface area contributed by atoms with E-state index in [1.807, 2.05) is 6.08 Å². The van der Waals surface area contributed by atoms with Crippen LogP contribution in [0.25, 0.3) is 0 Å². The predicted octanol–water partition coefficient (Wildman–Crippen LogP) is 1.45. The Kier molecular flexibility index (Phi) is 4.66. The van der Waals surface area contributed by atoms with Gasteiger partial charge in [-0.2, -0.15) is 0 Å². The number of hydrogen-bond acceptors (Lipinski definition) is 3. The van der Waals surface area contributed by atoms with Crippen LogP contribution >= 0.6 is 0 Å². The third-order valence-electron chi connectivity index (χ3n) is 2.69. The molecule has 0 aromatic heterocycles. The first-order valence-corrected chi connectivity index (χ1v) is 5.19. The van der Waals surface area contributed by atoms with Gasteiger partial charge in [0.1, 0.15) is 0 Å². The van der Waals surface area contributed by atoms with Gasteiger partial charge in [-0.1, -0.05) is 6.08 Å². The van der Waals surface area contributed by atoms with Gasteiger partial charge < -0.3 is 9.64 Å². The van der Waals surface area contributed by atoms with E-state index in [2.05, 4.69) is 11.5 Å². The van der Waals surface area contributed by atoms with Crippen molar-refractivity contribution in [3.8, 4) is 0 Å². The van der Waals surface area contributed by atoms with Crippen LogP contribution in [0.4, 0.5) is 0 Å². The van der Waals surface area contributed by atoms with Crippen LogP contribution in [0.15, 0.2) is 12.7 Å². The van der Waals surface area contributed by atoms with Crippen LogP contribution in [0.1, 0.15) is 19.3 Å². The number of hydrogen-bond donors (Lipinski definition) is 0. The van der Waals surface area contributed by atoms with E-state index in [1.165, 1.54) is 7.11 Å². The van der Waals surface area contributed by atoms with Crippen molar-refractivity contribution in [1.82, 2.24) is 4.90 Å². The Bertz CT molecular complexity index is 203.